The van der Waals surface area contributed by atoms with E-state index in [1.54, 1.807) is 0 Å². The molecule has 4 heteroatoms. The first-order chi connectivity index (χ1) is 12.7. The highest BCUT2D eigenvalue weighted by Crippen LogP contribution is 2.36. The third-order valence-electron chi connectivity index (χ3n) is 4.52. The average molecular weight is 351 g/mol. The lowest BCUT2D eigenvalue weighted by molar-refractivity contribution is -0.122. The van der Waals surface area contributed by atoms with Crippen molar-refractivity contribution in [3.8, 4) is 11.5 Å². The molecule has 0 aliphatic carbocycles. The van der Waals surface area contributed by atoms with Gasteiger partial charge in [0.1, 0.15) is 11.5 Å². The van der Waals surface area contributed by atoms with Crippen LogP contribution in [0.15, 0.2) is 61.2 Å². The van der Waals surface area contributed by atoms with Crippen molar-refractivity contribution >= 4 is 11.6 Å². The zero-order chi connectivity index (χ0) is 18.4. The van der Waals surface area contributed by atoms with Crippen LogP contribution in [-0.4, -0.2) is 25.7 Å². The molecule has 26 heavy (non-hydrogen) atoms. The summed E-state index contributed by atoms with van der Waals surface area (Å²) in [5.41, 5.74) is 2.08. The van der Waals surface area contributed by atoms with Crippen LogP contribution in [0.4, 0.5) is 5.69 Å². The van der Waals surface area contributed by atoms with Crippen LogP contribution < -0.4 is 9.64 Å². The maximum absolute atomic E-state index is 12.9. The number of benzene rings is 2. The zero-order valence-electron chi connectivity index (χ0n) is 15.2. The van der Waals surface area contributed by atoms with Crippen LogP contribution in [0.5, 0.6) is 11.5 Å². The molecule has 4 nitrogen and oxygen atoms in total. The van der Waals surface area contributed by atoms with Gasteiger partial charge in [-0.05, 0) is 43.5 Å². The highest BCUT2D eigenvalue weighted by molar-refractivity contribution is 5.98. The first-order valence-electron chi connectivity index (χ1n) is 9.08. The molecule has 1 unspecified atom stereocenters. The Morgan fingerprint density at radius 1 is 1.19 bits per heavy atom. The number of rotatable bonds is 8. The van der Waals surface area contributed by atoms with Crippen molar-refractivity contribution < 1.29 is 14.3 Å². The molecular weight excluding hydrogens is 326 g/mol. The molecule has 3 rings (SSSR count). The number of nitrogens with zero attached hydrogens (tertiary/aromatic N) is 1. The second-order valence-electron chi connectivity index (χ2n) is 6.32. The van der Waals surface area contributed by atoms with Crippen molar-refractivity contribution in [1.29, 1.82) is 0 Å². The van der Waals surface area contributed by atoms with E-state index in [9.17, 15) is 4.79 Å². The van der Waals surface area contributed by atoms with Crippen molar-refractivity contribution in [2.75, 3.05) is 24.7 Å². The van der Waals surface area contributed by atoms with Crippen LogP contribution >= 0.6 is 0 Å². The molecule has 0 saturated carbocycles. The van der Waals surface area contributed by atoms with E-state index in [2.05, 4.69) is 12.6 Å². The molecule has 0 spiro atoms. The molecule has 1 amide bonds. The SMILES string of the molecule is C=CCC1Cc2ccc(Oc3ccccc3)cc2N(CCOCC)C1=O. The molecule has 0 saturated heterocycles. The van der Waals surface area contributed by atoms with Crippen molar-refractivity contribution in [3.63, 3.8) is 0 Å². The predicted octanol–water partition coefficient (Wildman–Crippen LogP) is 4.60. The zero-order valence-corrected chi connectivity index (χ0v) is 15.2. The minimum atomic E-state index is -0.0532. The molecule has 0 radical (unpaired) electrons. The quantitative estimate of drug-likeness (QED) is 0.515. The van der Waals surface area contributed by atoms with E-state index < -0.39 is 0 Å². The fourth-order valence-electron chi connectivity index (χ4n) is 3.26. The van der Waals surface area contributed by atoms with Gasteiger partial charge in [-0.1, -0.05) is 30.3 Å². The molecule has 0 N–H and O–H groups in total. The van der Waals surface area contributed by atoms with Gasteiger partial charge >= 0.3 is 0 Å². The van der Waals surface area contributed by atoms with E-state index in [0.29, 0.717) is 26.2 Å². The first-order valence-corrected chi connectivity index (χ1v) is 9.08. The number of para-hydroxylation sites is 1. The number of carbonyl (C=O) groups is 1. The third-order valence-corrected chi connectivity index (χ3v) is 4.52. The topological polar surface area (TPSA) is 38.8 Å². The maximum Gasteiger partial charge on any atom is 0.230 e. The molecule has 1 aliphatic heterocycles. The summed E-state index contributed by atoms with van der Waals surface area (Å²) >= 11 is 0. The van der Waals surface area contributed by atoms with Crippen LogP contribution in [0.25, 0.3) is 0 Å². The van der Waals surface area contributed by atoms with E-state index >= 15 is 0 Å². The molecule has 0 fully saturated rings. The van der Waals surface area contributed by atoms with Gasteiger partial charge in [-0.3, -0.25) is 4.79 Å². The van der Waals surface area contributed by atoms with Crippen molar-refractivity contribution in [2.45, 2.75) is 19.8 Å². The Morgan fingerprint density at radius 3 is 2.73 bits per heavy atom. The number of hydrogen-bond acceptors (Lipinski definition) is 3. The van der Waals surface area contributed by atoms with Gasteiger partial charge in [-0.2, -0.15) is 0 Å². The van der Waals surface area contributed by atoms with E-state index in [1.165, 1.54) is 0 Å². The summed E-state index contributed by atoms with van der Waals surface area (Å²) in [4.78, 5) is 14.8. The second kappa shape index (κ2) is 8.68. The normalized spacial score (nSPS) is 16.3. The monoisotopic (exact) mass is 351 g/mol. The van der Waals surface area contributed by atoms with Crippen molar-refractivity contribution in [1.82, 2.24) is 0 Å². The lowest BCUT2D eigenvalue weighted by atomic mass is 9.89. The second-order valence-corrected chi connectivity index (χ2v) is 6.32. The highest BCUT2D eigenvalue weighted by atomic mass is 16.5. The van der Waals surface area contributed by atoms with Crippen molar-refractivity contribution in [3.05, 3.63) is 66.7 Å². The molecule has 2 aromatic rings. The summed E-state index contributed by atoms with van der Waals surface area (Å²) < 4.78 is 11.4. The summed E-state index contributed by atoms with van der Waals surface area (Å²) in [5, 5.41) is 0. The summed E-state index contributed by atoms with van der Waals surface area (Å²) in [6, 6.07) is 15.6. The Labute approximate surface area is 155 Å². The molecule has 1 atom stereocenters. The number of anilines is 1. The van der Waals surface area contributed by atoms with E-state index in [4.69, 9.17) is 9.47 Å². The van der Waals surface area contributed by atoms with E-state index in [-0.39, 0.29) is 11.8 Å². The number of ether oxygens (including phenoxy) is 2. The minimum absolute atomic E-state index is 0.0532. The smallest absolute Gasteiger partial charge is 0.230 e. The Balaban J connectivity index is 1.87. The standard InChI is InChI=1S/C22H25NO3/c1-3-8-18-15-17-11-12-20(26-19-9-6-5-7-10-19)16-21(17)23(22(18)24)13-14-25-4-2/h3,5-7,9-12,16,18H,1,4,8,13-15H2,2H3. The predicted molar refractivity (Wildman–Crippen MR) is 104 cm³/mol. The number of hydrogen-bond donors (Lipinski definition) is 0. The van der Waals surface area contributed by atoms with Crippen molar-refractivity contribution in [2.24, 2.45) is 5.92 Å². The van der Waals surface area contributed by atoms with Gasteiger partial charge in [-0.25, -0.2) is 0 Å². The summed E-state index contributed by atoms with van der Waals surface area (Å²) in [6.07, 6.45) is 3.24. The Morgan fingerprint density at radius 2 is 2.00 bits per heavy atom. The third kappa shape index (κ3) is 4.14. The van der Waals surface area contributed by atoms with Crippen LogP contribution in [0.2, 0.25) is 0 Å². The van der Waals surface area contributed by atoms with E-state index in [0.717, 1.165) is 29.2 Å². The van der Waals surface area contributed by atoms with Crippen LogP contribution in [-0.2, 0) is 16.0 Å². The van der Waals surface area contributed by atoms with Gasteiger partial charge < -0.3 is 14.4 Å². The van der Waals surface area contributed by atoms with Gasteiger partial charge in [0.2, 0.25) is 5.91 Å². The van der Waals surface area contributed by atoms with Gasteiger partial charge in [0.25, 0.3) is 0 Å². The summed E-state index contributed by atoms with van der Waals surface area (Å²) in [6.45, 7) is 7.45. The highest BCUT2D eigenvalue weighted by Gasteiger charge is 2.32. The Bertz CT molecular complexity index is 757. The summed E-state index contributed by atoms with van der Waals surface area (Å²) in [7, 11) is 0. The van der Waals surface area contributed by atoms with Crippen LogP contribution in [0, 0.1) is 5.92 Å². The number of amides is 1. The van der Waals surface area contributed by atoms with E-state index in [1.807, 2.05) is 60.4 Å². The molecule has 0 bridgehead atoms. The molecule has 1 aliphatic rings. The van der Waals surface area contributed by atoms with Crippen LogP contribution in [0.3, 0.4) is 0 Å². The van der Waals surface area contributed by atoms with Gasteiger partial charge in [-0.15, -0.1) is 6.58 Å². The van der Waals surface area contributed by atoms with Gasteiger partial charge in [0.15, 0.2) is 0 Å². The first kappa shape index (κ1) is 18.2. The number of fused-ring (bicyclic) bond motifs is 1. The van der Waals surface area contributed by atoms with Gasteiger partial charge in [0, 0.05) is 25.1 Å². The molecule has 1 heterocycles. The molecule has 136 valence electrons. The molecule has 0 aromatic heterocycles. The average Bonchev–Trinajstić information content (AvgIpc) is 2.66. The number of carbonyl (C=O) groups excluding carboxylic acids is 1. The Kier molecular flexibility index (Phi) is 6.08. The fourth-order valence-corrected chi connectivity index (χ4v) is 3.26. The lowest BCUT2D eigenvalue weighted by Gasteiger charge is -2.34. The van der Waals surface area contributed by atoms with Gasteiger partial charge in [0.05, 0.1) is 12.3 Å². The largest absolute Gasteiger partial charge is 0.457 e. The molecule has 2 aromatic carbocycles. The summed E-state index contributed by atoms with van der Waals surface area (Å²) in [5.74, 6) is 1.59. The lowest BCUT2D eigenvalue weighted by Crippen LogP contribution is -2.43. The molecular formula is C22H25NO3. The number of allylic oxidation sites excluding steroid dienone is 1. The Hall–Kier alpha value is -2.59. The maximum atomic E-state index is 12.9. The fraction of sp³-hybridized carbons (Fsp3) is 0.318. The minimum Gasteiger partial charge on any atom is -0.457 e. The van der Waals surface area contributed by atoms with Crippen LogP contribution in [0.1, 0.15) is 18.9 Å².